The van der Waals surface area contributed by atoms with E-state index in [1.165, 1.54) is 0 Å². The summed E-state index contributed by atoms with van der Waals surface area (Å²) >= 11 is 0. The summed E-state index contributed by atoms with van der Waals surface area (Å²) in [5, 5.41) is 17.2. The van der Waals surface area contributed by atoms with Crippen LogP contribution in [0.4, 0.5) is 0 Å². The minimum atomic E-state index is -0.420. The molecule has 0 amide bonds. The van der Waals surface area contributed by atoms with Gasteiger partial charge < -0.3 is 18.9 Å². The van der Waals surface area contributed by atoms with Gasteiger partial charge in [0.2, 0.25) is 0 Å². The van der Waals surface area contributed by atoms with Gasteiger partial charge in [0.15, 0.2) is 6.29 Å². The summed E-state index contributed by atoms with van der Waals surface area (Å²) in [5.41, 5.74) is 0.554. The van der Waals surface area contributed by atoms with Gasteiger partial charge in [0.05, 0.1) is 70.0 Å². The van der Waals surface area contributed by atoms with Crippen LogP contribution in [-0.2, 0) is 18.9 Å². The topological polar surface area (TPSA) is 84.5 Å². The molecule has 0 saturated carbocycles. The van der Waals surface area contributed by atoms with Crippen molar-refractivity contribution in [2.45, 2.75) is 19.1 Å². The van der Waals surface area contributed by atoms with Crippen molar-refractivity contribution in [2.24, 2.45) is 5.41 Å². The molecule has 0 unspecified atom stereocenters. The molecule has 1 heterocycles. The maximum atomic E-state index is 8.59. The molecule has 0 radical (unpaired) electrons. The largest absolute Gasteiger partial charge is 0.380 e. The van der Waals surface area contributed by atoms with Crippen LogP contribution in [0, 0.1) is 28.1 Å². The van der Waals surface area contributed by atoms with Crippen LogP contribution in [0.3, 0.4) is 0 Å². The fourth-order valence-electron chi connectivity index (χ4n) is 2.42. The zero-order valence-corrected chi connectivity index (χ0v) is 13.6. The van der Waals surface area contributed by atoms with Crippen molar-refractivity contribution in [1.82, 2.24) is 0 Å². The molecule has 0 aromatic heterocycles. The number of ether oxygens (including phenoxy) is 4. The number of nitriles is 2. The van der Waals surface area contributed by atoms with Gasteiger partial charge in [-0.15, -0.1) is 0 Å². The van der Waals surface area contributed by atoms with Gasteiger partial charge in [0, 0.05) is 5.56 Å². The fraction of sp³-hybridized carbons (Fsp3) is 0.556. The predicted molar refractivity (Wildman–Crippen MR) is 85.6 cm³/mol. The molecule has 1 saturated heterocycles. The second kappa shape index (κ2) is 10.0. The molecule has 1 aromatic carbocycles. The molecule has 128 valence electrons. The summed E-state index contributed by atoms with van der Waals surface area (Å²) in [5.74, 6) is 0. The molecule has 1 aliphatic heterocycles. The summed E-state index contributed by atoms with van der Waals surface area (Å²) < 4.78 is 22.9. The Bertz CT molecular complexity index is 533. The van der Waals surface area contributed by atoms with Crippen molar-refractivity contribution in [3.05, 3.63) is 35.9 Å². The smallest absolute Gasteiger partial charge is 0.183 e. The molecule has 6 nitrogen and oxygen atoms in total. The third-order valence-corrected chi connectivity index (χ3v) is 3.69. The molecule has 1 fully saturated rings. The first-order valence-electron chi connectivity index (χ1n) is 7.97. The molecule has 1 aliphatic rings. The fourth-order valence-corrected chi connectivity index (χ4v) is 2.42. The SMILES string of the molecule is N#CCCOCC1(COCCC#N)COC(c2ccccc2)OC1. The van der Waals surface area contributed by atoms with Crippen LogP contribution in [0.2, 0.25) is 0 Å². The van der Waals surface area contributed by atoms with Gasteiger partial charge in [0.25, 0.3) is 0 Å². The summed E-state index contributed by atoms with van der Waals surface area (Å²) in [7, 11) is 0. The van der Waals surface area contributed by atoms with Gasteiger partial charge in [-0.3, -0.25) is 0 Å². The zero-order chi connectivity index (χ0) is 17.1. The van der Waals surface area contributed by atoms with Crippen molar-refractivity contribution >= 4 is 0 Å². The zero-order valence-electron chi connectivity index (χ0n) is 13.6. The van der Waals surface area contributed by atoms with Crippen molar-refractivity contribution in [1.29, 1.82) is 10.5 Å². The molecular weight excluding hydrogens is 308 g/mol. The molecule has 0 N–H and O–H groups in total. The van der Waals surface area contributed by atoms with Gasteiger partial charge in [-0.1, -0.05) is 30.3 Å². The van der Waals surface area contributed by atoms with Gasteiger partial charge >= 0.3 is 0 Å². The summed E-state index contributed by atoms with van der Waals surface area (Å²) in [6.45, 7) is 2.40. The van der Waals surface area contributed by atoms with Crippen molar-refractivity contribution in [3.8, 4) is 12.1 Å². The van der Waals surface area contributed by atoms with E-state index in [2.05, 4.69) is 12.1 Å². The minimum Gasteiger partial charge on any atom is -0.380 e. The monoisotopic (exact) mass is 330 g/mol. The van der Waals surface area contributed by atoms with E-state index >= 15 is 0 Å². The van der Waals surface area contributed by atoms with Crippen LogP contribution in [-0.4, -0.2) is 39.6 Å². The third kappa shape index (κ3) is 5.59. The first kappa shape index (κ1) is 18.4. The number of nitrogens with zero attached hydrogens (tertiary/aromatic N) is 2. The number of benzene rings is 1. The highest BCUT2D eigenvalue weighted by atomic mass is 16.7. The molecular formula is C18H22N2O4. The standard InChI is InChI=1S/C18H22N2O4/c19-8-4-10-21-12-18(13-22-11-5-9-20)14-23-17(24-15-18)16-6-2-1-3-7-16/h1-3,6-7,17H,4-5,10-15H2. The second-order valence-electron chi connectivity index (χ2n) is 5.79. The first-order chi connectivity index (χ1) is 11.8. The Labute approximate surface area is 142 Å². The minimum absolute atomic E-state index is 0.347. The van der Waals surface area contributed by atoms with E-state index in [9.17, 15) is 0 Å². The first-order valence-corrected chi connectivity index (χ1v) is 7.97. The molecule has 0 spiro atoms. The van der Waals surface area contributed by atoms with E-state index < -0.39 is 11.7 Å². The highest BCUT2D eigenvalue weighted by Crippen LogP contribution is 2.32. The van der Waals surface area contributed by atoms with Crippen LogP contribution in [0.1, 0.15) is 24.7 Å². The van der Waals surface area contributed by atoms with Gasteiger partial charge in [-0.05, 0) is 0 Å². The van der Waals surface area contributed by atoms with E-state index in [4.69, 9.17) is 29.5 Å². The maximum absolute atomic E-state index is 8.59. The molecule has 0 atom stereocenters. The van der Waals surface area contributed by atoms with Crippen LogP contribution < -0.4 is 0 Å². The average Bonchev–Trinajstić information content (AvgIpc) is 2.64. The number of rotatable bonds is 9. The van der Waals surface area contributed by atoms with Crippen molar-refractivity contribution in [2.75, 3.05) is 39.6 Å². The van der Waals surface area contributed by atoms with Gasteiger partial charge in [-0.25, -0.2) is 0 Å². The molecule has 2 rings (SSSR count). The van der Waals surface area contributed by atoms with Crippen LogP contribution in [0.25, 0.3) is 0 Å². The Kier molecular flexibility index (Phi) is 7.67. The van der Waals surface area contributed by atoms with E-state index in [0.717, 1.165) is 5.56 Å². The maximum Gasteiger partial charge on any atom is 0.183 e. The Morgan fingerprint density at radius 2 is 1.50 bits per heavy atom. The molecule has 24 heavy (non-hydrogen) atoms. The van der Waals surface area contributed by atoms with Crippen LogP contribution in [0.15, 0.2) is 30.3 Å². The quantitative estimate of drug-likeness (QED) is 0.647. The Morgan fingerprint density at radius 1 is 0.958 bits per heavy atom. The molecule has 0 bridgehead atoms. The summed E-state index contributed by atoms with van der Waals surface area (Å²) in [6.07, 6.45) is 0.303. The molecule has 1 aromatic rings. The normalized spacial score (nSPS) is 17.1. The summed E-state index contributed by atoms with van der Waals surface area (Å²) in [6, 6.07) is 13.9. The molecule has 0 aliphatic carbocycles. The third-order valence-electron chi connectivity index (χ3n) is 3.69. The van der Waals surface area contributed by atoms with E-state index in [-0.39, 0.29) is 0 Å². The van der Waals surface area contributed by atoms with E-state index in [1.54, 1.807) is 0 Å². The van der Waals surface area contributed by atoms with Crippen LogP contribution >= 0.6 is 0 Å². The lowest BCUT2D eigenvalue weighted by Gasteiger charge is -2.39. The van der Waals surface area contributed by atoms with Gasteiger partial charge in [0.1, 0.15) is 0 Å². The van der Waals surface area contributed by atoms with Crippen molar-refractivity contribution < 1.29 is 18.9 Å². The van der Waals surface area contributed by atoms with E-state index in [0.29, 0.717) is 52.5 Å². The predicted octanol–water partition coefficient (Wildman–Crippen LogP) is 2.58. The lowest BCUT2D eigenvalue weighted by Crippen LogP contribution is -2.46. The van der Waals surface area contributed by atoms with E-state index in [1.807, 2.05) is 30.3 Å². The van der Waals surface area contributed by atoms with Crippen LogP contribution in [0.5, 0.6) is 0 Å². The Hall–Kier alpha value is -1.96. The van der Waals surface area contributed by atoms with Gasteiger partial charge in [-0.2, -0.15) is 10.5 Å². The summed E-state index contributed by atoms with van der Waals surface area (Å²) in [4.78, 5) is 0. The second-order valence-corrected chi connectivity index (χ2v) is 5.79. The Balaban J connectivity index is 1.89. The highest BCUT2D eigenvalue weighted by molar-refractivity contribution is 5.16. The highest BCUT2D eigenvalue weighted by Gasteiger charge is 2.38. The lowest BCUT2D eigenvalue weighted by atomic mass is 9.91. The average molecular weight is 330 g/mol. The van der Waals surface area contributed by atoms with Crippen molar-refractivity contribution in [3.63, 3.8) is 0 Å². The molecule has 6 heteroatoms. The number of hydrogen-bond donors (Lipinski definition) is 0. The number of hydrogen-bond acceptors (Lipinski definition) is 6. The Morgan fingerprint density at radius 3 is 2.00 bits per heavy atom. The lowest BCUT2D eigenvalue weighted by molar-refractivity contribution is -0.254.